The number of esters is 1. The quantitative estimate of drug-likeness (QED) is 0.365. The van der Waals surface area contributed by atoms with Crippen LogP contribution in [0.3, 0.4) is 0 Å². The fourth-order valence-corrected chi connectivity index (χ4v) is 7.50. The van der Waals surface area contributed by atoms with Crippen LogP contribution < -0.4 is 0 Å². The number of cyclic esters (lactones) is 1. The van der Waals surface area contributed by atoms with E-state index < -0.39 is 40.4 Å². The van der Waals surface area contributed by atoms with Gasteiger partial charge in [-0.1, -0.05) is 38.1 Å². The first-order valence-corrected chi connectivity index (χ1v) is 17.4. The Morgan fingerprint density at radius 1 is 0.978 bits per heavy atom. The number of amides is 1. The van der Waals surface area contributed by atoms with Crippen LogP contribution in [0.2, 0.25) is 0 Å². The maximum Gasteiger partial charge on any atom is 0.410 e. The standard InChI is InChI=1S/C33H49N3O8S/c1-23-8-10-28(38)22-31(39)44-32(24(2)9-11-30(23)43-33(40)35-18-16-34(4)17-19-35)25(3)20-26-6-5-7-29(21-26)45(41,42)36-14-12-27(37)13-15-36/h5-7,9,11,20-21,23-24,27-28,30,32,37-38H,8,10,12-19,22H2,1-4H3/b11-9+,25-20+/t23-,24-,28+,30+,32-/m0/s1. The van der Waals surface area contributed by atoms with Gasteiger partial charge in [0.25, 0.3) is 0 Å². The van der Waals surface area contributed by atoms with Crippen molar-refractivity contribution in [1.82, 2.24) is 14.1 Å². The van der Waals surface area contributed by atoms with E-state index in [9.17, 15) is 28.2 Å². The second-order valence-electron chi connectivity index (χ2n) is 12.8. The maximum atomic E-state index is 13.3. The van der Waals surface area contributed by atoms with Gasteiger partial charge in [-0.3, -0.25) is 4.79 Å². The van der Waals surface area contributed by atoms with Crippen LogP contribution in [0.5, 0.6) is 0 Å². The molecule has 2 N–H and O–H groups in total. The third-order valence-electron chi connectivity index (χ3n) is 9.02. The zero-order valence-corrected chi connectivity index (χ0v) is 27.7. The molecule has 0 bridgehead atoms. The molecule has 5 atom stereocenters. The van der Waals surface area contributed by atoms with Crippen molar-refractivity contribution >= 4 is 28.2 Å². The summed E-state index contributed by atoms with van der Waals surface area (Å²) in [6.07, 6.45) is 4.17. The lowest BCUT2D eigenvalue weighted by Gasteiger charge is -2.33. The fraction of sp³-hybridized carbons (Fsp3) is 0.636. The normalized spacial score (nSPS) is 29.7. The molecule has 0 unspecified atom stereocenters. The molecule has 250 valence electrons. The van der Waals surface area contributed by atoms with Crippen molar-refractivity contribution in [3.8, 4) is 0 Å². The Hall–Kier alpha value is -2.77. The lowest BCUT2D eigenvalue weighted by molar-refractivity contribution is -0.151. The van der Waals surface area contributed by atoms with Crippen LogP contribution in [0.15, 0.2) is 46.9 Å². The summed E-state index contributed by atoms with van der Waals surface area (Å²) in [5.74, 6) is -0.918. The van der Waals surface area contributed by atoms with Crippen molar-refractivity contribution in [3.05, 3.63) is 47.6 Å². The Morgan fingerprint density at radius 2 is 1.67 bits per heavy atom. The summed E-state index contributed by atoms with van der Waals surface area (Å²) in [5, 5.41) is 20.4. The predicted octanol–water partition coefficient (Wildman–Crippen LogP) is 3.27. The minimum Gasteiger partial charge on any atom is -0.457 e. The lowest BCUT2D eigenvalue weighted by atomic mass is 9.91. The van der Waals surface area contributed by atoms with Gasteiger partial charge in [0, 0.05) is 45.2 Å². The van der Waals surface area contributed by atoms with Crippen LogP contribution in [-0.4, -0.2) is 116 Å². The molecule has 0 saturated carbocycles. The van der Waals surface area contributed by atoms with E-state index in [-0.39, 0.29) is 42.3 Å². The molecule has 0 aliphatic carbocycles. The van der Waals surface area contributed by atoms with Crippen LogP contribution in [-0.2, 0) is 24.3 Å². The number of benzene rings is 1. The van der Waals surface area contributed by atoms with E-state index in [2.05, 4.69) is 4.90 Å². The molecule has 11 nitrogen and oxygen atoms in total. The zero-order chi connectivity index (χ0) is 32.7. The average molecular weight is 648 g/mol. The molecule has 3 aliphatic rings. The number of carbonyl (C=O) groups excluding carboxylic acids is 2. The molecule has 2 fully saturated rings. The van der Waals surface area contributed by atoms with Gasteiger partial charge in [0.15, 0.2) is 0 Å². The second kappa shape index (κ2) is 15.7. The van der Waals surface area contributed by atoms with Crippen LogP contribution in [0, 0.1) is 11.8 Å². The van der Waals surface area contributed by atoms with E-state index in [0.717, 1.165) is 13.1 Å². The molecule has 1 aromatic rings. The minimum atomic E-state index is -3.73. The van der Waals surface area contributed by atoms with Crippen molar-refractivity contribution < 1.29 is 37.7 Å². The molecular weight excluding hydrogens is 598 g/mol. The number of piperazine rings is 1. The van der Waals surface area contributed by atoms with Crippen LogP contribution in [0.1, 0.15) is 58.4 Å². The first kappa shape index (κ1) is 35.1. The Balaban J connectivity index is 1.56. The van der Waals surface area contributed by atoms with E-state index >= 15 is 0 Å². The topological polar surface area (TPSA) is 137 Å². The highest BCUT2D eigenvalue weighted by molar-refractivity contribution is 7.89. The first-order valence-electron chi connectivity index (χ1n) is 16.0. The van der Waals surface area contributed by atoms with Gasteiger partial charge in [-0.05, 0) is 74.9 Å². The molecule has 3 aliphatic heterocycles. The molecule has 3 heterocycles. The molecule has 0 aromatic heterocycles. The van der Waals surface area contributed by atoms with E-state index in [1.165, 1.54) is 4.31 Å². The SMILES string of the molecule is C/C(=C\c1cccc(S(=O)(=O)N2CCC(O)CC2)c1)[C@H]1OC(=O)C[C@H](O)CC[C@H](C)[C@H](OC(=O)N2CCN(C)CC2)/C=C/[C@@H]1C. The van der Waals surface area contributed by atoms with Gasteiger partial charge in [-0.2, -0.15) is 4.31 Å². The van der Waals surface area contributed by atoms with Crippen molar-refractivity contribution in [2.75, 3.05) is 46.3 Å². The van der Waals surface area contributed by atoms with Crippen molar-refractivity contribution in [3.63, 3.8) is 0 Å². The number of piperidine rings is 1. The summed E-state index contributed by atoms with van der Waals surface area (Å²) in [7, 11) is -1.71. The summed E-state index contributed by atoms with van der Waals surface area (Å²) in [6.45, 7) is 9.00. The van der Waals surface area contributed by atoms with Crippen LogP contribution in [0.4, 0.5) is 4.79 Å². The summed E-state index contributed by atoms with van der Waals surface area (Å²) < 4.78 is 39.9. The number of nitrogens with zero attached hydrogens (tertiary/aromatic N) is 3. The summed E-state index contributed by atoms with van der Waals surface area (Å²) in [5.41, 5.74) is 1.33. The minimum absolute atomic E-state index is 0.0853. The number of rotatable bonds is 5. The first-order chi connectivity index (χ1) is 21.3. The van der Waals surface area contributed by atoms with Crippen LogP contribution in [0.25, 0.3) is 6.08 Å². The van der Waals surface area contributed by atoms with E-state index in [1.54, 1.807) is 35.2 Å². The largest absolute Gasteiger partial charge is 0.457 e. The Labute approximate surface area is 267 Å². The monoisotopic (exact) mass is 647 g/mol. The van der Waals surface area contributed by atoms with E-state index in [4.69, 9.17) is 9.47 Å². The number of likely N-dealkylation sites (N-methyl/N-ethyl adjacent to an activating group) is 1. The molecule has 2 saturated heterocycles. The average Bonchev–Trinajstić information content (AvgIpc) is 3.00. The summed E-state index contributed by atoms with van der Waals surface area (Å²) >= 11 is 0. The molecule has 0 radical (unpaired) electrons. The van der Waals surface area contributed by atoms with Crippen molar-refractivity contribution in [1.29, 1.82) is 0 Å². The lowest BCUT2D eigenvalue weighted by Crippen LogP contribution is -2.48. The van der Waals surface area contributed by atoms with E-state index in [1.807, 2.05) is 40.0 Å². The number of hydrogen-bond acceptors (Lipinski definition) is 9. The molecule has 45 heavy (non-hydrogen) atoms. The number of aliphatic hydroxyl groups is 2. The Morgan fingerprint density at radius 3 is 2.36 bits per heavy atom. The molecule has 12 heteroatoms. The van der Waals surface area contributed by atoms with Crippen LogP contribution >= 0.6 is 0 Å². The molecule has 0 spiro atoms. The summed E-state index contributed by atoms with van der Waals surface area (Å²) in [6, 6.07) is 6.62. The summed E-state index contributed by atoms with van der Waals surface area (Å²) in [4.78, 5) is 30.0. The third-order valence-corrected chi connectivity index (χ3v) is 10.9. The fourth-order valence-electron chi connectivity index (χ4n) is 5.97. The van der Waals surface area contributed by atoms with Gasteiger partial charge in [-0.15, -0.1) is 0 Å². The van der Waals surface area contributed by atoms with Crippen molar-refractivity contribution in [2.45, 2.75) is 82.2 Å². The highest BCUT2D eigenvalue weighted by Crippen LogP contribution is 2.27. The molecule has 1 aromatic carbocycles. The molecule has 1 amide bonds. The third kappa shape index (κ3) is 9.62. The number of ether oxygens (including phenoxy) is 2. The van der Waals surface area contributed by atoms with E-state index in [0.29, 0.717) is 49.9 Å². The van der Waals surface area contributed by atoms with Gasteiger partial charge in [0.05, 0.1) is 23.5 Å². The number of sulfonamides is 1. The number of carbonyl (C=O) groups is 2. The van der Waals surface area contributed by atoms with Gasteiger partial charge in [0.2, 0.25) is 10.0 Å². The maximum absolute atomic E-state index is 13.3. The van der Waals surface area contributed by atoms with Gasteiger partial charge < -0.3 is 29.5 Å². The molecule has 4 rings (SSSR count). The number of hydrogen-bond donors (Lipinski definition) is 2. The van der Waals surface area contributed by atoms with Gasteiger partial charge in [-0.25, -0.2) is 13.2 Å². The Kier molecular flexibility index (Phi) is 12.2. The number of aliphatic hydroxyl groups excluding tert-OH is 2. The van der Waals surface area contributed by atoms with Crippen molar-refractivity contribution in [2.24, 2.45) is 11.8 Å². The Bertz CT molecular complexity index is 1330. The van der Waals surface area contributed by atoms with Gasteiger partial charge in [0.1, 0.15) is 12.2 Å². The second-order valence-corrected chi connectivity index (χ2v) is 14.7. The smallest absolute Gasteiger partial charge is 0.410 e. The van der Waals surface area contributed by atoms with Gasteiger partial charge >= 0.3 is 12.1 Å². The predicted molar refractivity (Wildman–Crippen MR) is 171 cm³/mol. The highest BCUT2D eigenvalue weighted by atomic mass is 32.2. The molecular formula is C33H49N3O8S. The highest BCUT2D eigenvalue weighted by Gasteiger charge is 2.31. The zero-order valence-electron chi connectivity index (χ0n) is 26.9.